The summed E-state index contributed by atoms with van der Waals surface area (Å²) in [6.07, 6.45) is 4.43. The molecule has 1 heterocycles. The topological polar surface area (TPSA) is 68.5 Å². The maximum absolute atomic E-state index is 12.8. The van der Waals surface area contributed by atoms with Crippen molar-refractivity contribution in [2.75, 3.05) is 0 Å². The molecule has 1 aromatic heterocycles. The van der Waals surface area contributed by atoms with Crippen molar-refractivity contribution in [2.24, 2.45) is 5.10 Å². The quantitative estimate of drug-likeness (QED) is 0.337. The lowest BCUT2D eigenvalue weighted by Crippen LogP contribution is -2.20. The first kappa shape index (κ1) is 20.7. The lowest BCUT2D eigenvalue weighted by atomic mass is 10.2. The predicted molar refractivity (Wildman–Crippen MR) is 128 cm³/mol. The summed E-state index contributed by atoms with van der Waals surface area (Å²) in [5.74, 6) is 0.490. The standard InChI is InChI=1S/C27H24N4O2/c32-27(26-24-12-7-13-25(24)31(30-26)22-10-5-2-6-11-22)29-28-18-20-14-16-23(17-15-20)33-19-21-8-3-1-4-9-21/h1-6,8-11,14-18H,7,12-13,19H2,(H,29,32)/b28-18+. The summed E-state index contributed by atoms with van der Waals surface area (Å²) in [5, 5.41) is 8.73. The van der Waals surface area contributed by atoms with E-state index in [4.69, 9.17) is 4.74 Å². The van der Waals surface area contributed by atoms with Crippen molar-refractivity contribution in [1.29, 1.82) is 0 Å². The van der Waals surface area contributed by atoms with Gasteiger partial charge >= 0.3 is 0 Å². The largest absolute Gasteiger partial charge is 0.489 e. The van der Waals surface area contributed by atoms with Gasteiger partial charge in [0.1, 0.15) is 12.4 Å². The van der Waals surface area contributed by atoms with Crippen molar-refractivity contribution in [3.8, 4) is 11.4 Å². The van der Waals surface area contributed by atoms with Gasteiger partial charge in [-0.3, -0.25) is 4.79 Å². The van der Waals surface area contributed by atoms with E-state index in [-0.39, 0.29) is 5.91 Å². The Balaban J connectivity index is 1.22. The molecule has 4 aromatic rings. The number of amides is 1. The third-order valence-electron chi connectivity index (χ3n) is 5.65. The van der Waals surface area contributed by atoms with Crippen LogP contribution in [0.25, 0.3) is 5.69 Å². The Labute approximate surface area is 192 Å². The SMILES string of the molecule is O=C(N/N=C/c1ccc(OCc2ccccc2)cc1)c1nn(-c2ccccc2)c2c1CCC2. The molecule has 0 spiro atoms. The van der Waals surface area contributed by atoms with Crippen molar-refractivity contribution < 1.29 is 9.53 Å². The first-order chi connectivity index (χ1) is 16.3. The van der Waals surface area contributed by atoms with Crippen molar-refractivity contribution in [3.63, 3.8) is 0 Å². The molecule has 0 saturated heterocycles. The highest BCUT2D eigenvalue weighted by Crippen LogP contribution is 2.27. The summed E-state index contributed by atoms with van der Waals surface area (Å²) in [5.41, 5.74) is 8.16. The molecule has 1 amide bonds. The highest BCUT2D eigenvalue weighted by molar-refractivity contribution is 5.95. The van der Waals surface area contributed by atoms with Crippen LogP contribution in [0.2, 0.25) is 0 Å². The van der Waals surface area contributed by atoms with Gasteiger partial charge in [0.15, 0.2) is 5.69 Å². The van der Waals surface area contributed by atoms with Crippen LogP contribution in [0.15, 0.2) is 90.0 Å². The van der Waals surface area contributed by atoms with Gasteiger partial charge in [-0.1, -0.05) is 48.5 Å². The molecule has 0 bridgehead atoms. The second kappa shape index (κ2) is 9.53. The minimum absolute atomic E-state index is 0.290. The van der Waals surface area contributed by atoms with Crippen LogP contribution in [-0.2, 0) is 19.4 Å². The van der Waals surface area contributed by atoms with Gasteiger partial charge in [-0.25, -0.2) is 10.1 Å². The number of nitrogens with zero attached hydrogens (tertiary/aromatic N) is 3. The van der Waals surface area contributed by atoms with Crippen molar-refractivity contribution in [1.82, 2.24) is 15.2 Å². The average molecular weight is 437 g/mol. The molecule has 0 unspecified atom stereocenters. The van der Waals surface area contributed by atoms with Gasteiger partial charge in [0.05, 0.1) is 11.9 Å². The number of benzene rings is 3. The van der Waals surface area contributed by atoms with Crippen LogP contribution in [0.3, 0.4) is 0 Å². The maximum Gasteiger partial charge on any atom is 0.292 e. The van der Waals surface area contributed by atoms with E-state index in [9.17, 15) is 4.79 Å². The molecule has 1 aliphatic carbocycles. The Morgan fingerprint density at radius 2 is 1.70 bits per heavy atom. The number of rotatable bonds is 7. The Morgan fingerprint density at radius 3 is 2.45 bits per heavy atom. The number of carbonyl (C=O) groups excluding carboxylic acids is 1. The highest BCUT2D eigenvalue weighted by Gasteiger charge is 2.26. The lowest BCUT2D eigenvalue weighted by molar-refractivity contribution is 0.0949. The van der Waals surface area contributed by atoms with Crippen molar-refractivity contribution in [2.45, 2.75) is 25.9 Å². The van der Waals surface area contributed by atoms with Gasteiger partial charge < -0.3 is 4.74 Å². The fourth-order valence-electron chi connectivity index (χ4n) is 4.01. The van der Waals surface area contributed by atoms with E-state index in [0.717, 1.165) is 53.1 Å². The molecule has 0 fully saturated rings. The average Bonchev–Trinajstić information content (AvgIpc) is 3.48. The molecule has 6 nitrogen and oxygen atoms in total. The van der Waals surface area contributed by atoms with E-state index in [1.54, 1.807) is 6.21 Å². The first-order valence-electron chi connectivity index (χ1n) is 11.0. The van der Waals surface area contributed by atoms with Gasteiger partial charge in [-0.2, -0.15) is 10.2 Å². The smallest absolute Gasteiger partial charge is 0.292 e. The number of hydrazone groups is 1. The van der Waals surface area contributed by atoms with Gasteiger partial charge in [0.2, 0.25) is 0 Å². The summed E-state index contributed by atoms with van der Waals surface area (Å²) in [7, 11) is 0. The van der Waals surface area contributed by atoms with E-state index in [0.29, 0.717) is 12.3 Å². The van der Waals surface area contributed by atoms with Crippen LogP contribution in [-0.4, -0.2) is 21.9 Å². The monoisotopic (exact) mass is 436 g/mol. The molecule has 5 rings (SSSR count). The summed E-state index contributed by atoms with van der Waals surface area (Å²) in [4.78, 5) is 12.8. The van der Waals surface area contributed by atoms with E-state index >= 15 is 0 Å². The zero-order valence-electron chi connectivity index (χ0n) is 18.1. The van der Waals surface area contributed by atoms with Crippen LogP contribution in [0.5, 0.6) is 5.75 Å². The Morgan fingerprint density at radius 1 is 0.970 bits per heavy atom. The third kappa shape index (κ3) is 4.70. The normalized spacial score (nSPS) is 12.6. The molecule has 0 atom stereocenters. The number of aromatic nitrogens is 2. The van der Waals surface area contributed by atoms with Gasteiger partial charge in [0.25, 0.3) is 5.91 Å². The number of fused-ring (bicyclic) bond motifs is 1. The van der Waals surface area contributed by atoms with Crippen LogP contribution < -0.4 is 10.2 Å². The summed E-state index contributed by atoms with van der Waals surface area (Å²) in [6, 6.07) is 27.5. The number of hydrogen-bond donors (Lipinski definition) is 1. The number of carbonyl (C=O) groups is 1. The van der Waals surface area contributed by atoms with Crippen molar-refractivity contribution in [3.05, 3.63) is 113 Å². The van der Waals surface area contributed by atoms with Gasteiger partial charge in [0, 0.05) is 11.3 Å². The van der Waals surface area contributed by atoms with E-state index in [1.165, 1.54) is 0 Å². The van der Waals surface area contributed by atoms with Crippen LogP contribution in [0.1, 0.15) is 39.3 Å². The molecule has 1 aliphatic rings. The number of ether oxygens (including phenoxy) is 1. The number of nitrogens with one attached hydrogen (secondary N) is 1. The molecule has 0 aliphatic heterocycles. The van der Waals surface area contributed by atoms with Gasteiger partial charge in [-0.05, 0) is 66.8 Å². The minimum Gasteiger partial charge on any atom is -0.489 e. The minimum atomic E-state index is -0.290. The fraction of sp³-hybridized carbons (Fsp3) is 0.148. The van der Waals surface area contributed by atoms with E-state index in [1.807, 2.05) is 89.6 Å². The molecule has 6 heteroatoms. The molecular formula is C27H24N4O2. The fourth-order valence-corrected chi connectivity index (χ4v) is 4.01. The molecular weight excluding hydrogens is 412 g/mol. The Hall–Kier alpha value is -4.19. The van der Waals surface area contributed by atoms with Crippen molar-refractivity contribution >= 4 is 12.1 Å². The summed E-state index contributed by atoms with van der Waals surface area (Å²) in [6.45, 7) is 0.518. The van der Waals surface area contributed by atoms with E-state index < -0.39 is 0 Å². The summed E-state index contributed by atoms with van der Waals surface area (Å²) >= 11 is 0. The summed E-state index contributed by atoms with van der Waals surface area (Å²) < 4.78 is 7.69. The molecule has 1 N–H and O–H groups in total. The molecule has 33 heavy (non-hydrogen) atoms. The second-order valence-electron chi connectivity index (χ2n) is 7.92. The molecule has 0 radical (unpaired) electrons. The Bertz CT molecular complexity index is 1260. The van der Waals surface area contributed by atoms with Crippen LogP contribution in [0.4, 0.5) is 0 Å². The Kier molecular flexibility index (Phi) is 5.97. The molecule has 164 valence electrons. The zero-order chi connectivity index (χ0) is 22.5. The highest BCUT2D eigenvalue weighted by atomic mass is 16.5. The number of para-hydroxylation sites is 1. The lowest BCUT2D eigenvalue weighted by Gasteiger charge is -2.06. The van der Waals surface area contributed by atoms with E-state index in [2.05, 4.69) is 15.6 Å². The predicted octanol–water partition coefficient (Wildman–Crippen LogP) is 4.70. The van der Waals surface area contributed by atoms with Gasteiger partial charge in [-0.15, -0.1) is 0 Å². The number of hydrogen-bond acceptors (Lipinski definition) is 4. The third-order valence-corrected chi connectivity index (χ3v) is 5.65. The zero-order valence-corrected chi connectivity index (χ0v) is 18.1. The van der Waals surface area contributed by atoms with Crippen LogP contribution in [0, 0.1) is 0 Å². The van der Waals surface area contributed by atoms with Crippen LogP contribution >= 0.6 is 0 Å². The maximum atomic E-state index is 12.8. The first-order valence-corrected chi connectivity index (χ1v) is 11.0. The molecule has 0 saturated carbocycles. The second-order valence-corrected chi connectivity index (χ2v) is 7.92. The molecule has 3 aromatic carbocycles.